The molecule has 0 radical (unpaired) electrons. The Kier molecular flexibility index (Phi) is 11.7. The lowest BCUT2D eigenvalue weighted by Gasteiger charge is -2.12. The van der Waals surface area contributed by atoms with Gasteiger partial charge in [-0.3, -0.25) is 4.57 Å². The molecule has 85 heavy (non-hydrogen) atoms. The molecule has 6 heteroatoms. The van der Waals surface area contributed by atoms with E-state index in [9.17, 15) is 0 Å². The van der Waals surface area contributed by atoms with E-state index in [1.165, 1.54) is 88.3 Å². The Hall–Kier alpha value is -11.0. The standard InChI is InChI=1S/C79H56N6/c1-49-15-23-53(24-16-49)59-31-37-71-65(43-59)66-44-60(54-25-17-50(2)18-26-54)32-38-72(66)83(71)63-35-41-75-69(47-63)70-48-64(36-42-76(70)85(75)79-81-77(57-11-7-5-8-12-57)80-78(82-79)58-13-9-6-10-14-58)84-73-39-33-61(55-27-19-51(3)20-28-55)45-67(73)68-46-62(34-40-74(68)84)56-29-21-52(4)22-30-56/h5-48H,1-4H3. The molecule has 0 unspecified atom stereocenters. The molecule has 0 spiro atoms. The molecule has 0 atom stereocenters. The largest absolute Gasteiger partial charge is 0.309 e. The normalized spacial score (nSPS) is 11.8. The SMILES string of the molecule is Cc1ccc(-c2ccc3c(c2)c2cc(-c4ccc(C)cc4)ccc2n3-c2ccc3c(c2)c2cc(-n4c5ccc(-c6ccc(C)cc6)cc5c5cc(-c6ccc(C)cc6)ccc54)ccc2n3-c2nc(-c3ccccc3)nc(-c3ccccc3)n2)cc1. The molecule has 0 bridgehead atoms. The molecule has 12 aromatic carbocycles. The predicted molar refractivity (Wildman–Crippen MR) is 354 cm³/mol. The summed E-state index contributed by atoms with van der Waals surface area (Å²) < 4.78 is 7.13. The van der Waals surface area contributed by atoms with E-state index >= 15 is 0 Å². The zero-order valence-corrected chi connectivity index (χ0v) is 47.6. The summed E-state index contributed by atoms with van der Waals surface area (Å²) >= 11 is 0. The third-order valence-corrected chi connectivity index (χ3v) is 17.2. The van der Waals surface area contributed by atoms with Crippen molar-refractivity contribution in [2.75, 3.05) is 0 Å². The number of aryl methyl sites for hydroxylation is 4. The lowest BCUT2D eigenvalue weighted by Crippen LogP contribution is -2.06. The minimum atomic E-state index is 0.543. The molecule has 0 amide bonds. The van der Waals surface area contributed by atoms with Gasteiger partial charge >= 0.3 is 0 Å². The summed E-state index contributed by atoms with van der Waals surface area (Å²) in [6.07, 6.45) is 0. The van der Waals surface area contributed by atoms with Crippen LogP contribution in [0.1, 0.15) is 22.3 Å². The Morgan fingerprint density at radius 1 is 0.212 bits per heavy atom. The van der Waals surface area contributed by atoms with Gasteiger partial charge in [0.1, 0.15) is 0 Å². The fourth-order valence-electron chi connectivity index (χ4n) is 12.7. The maximum Gasteiger partial charge on any atom is 0.238 e. The summed E-state index contributed by atoms with van der Waals surface area (Å²) in [7, 11) is 0. The summed E-state index contributed by atoms with van der Waals surface area (Å²) in [5, 5.41) is 6.93. The van der Waals surface area contributed by atoms with Crippen molar-refractivity contribution in [3.63, 3.8) is 0 Å². The van der Waals surface area contributed by atoms with Gasteiger partial charge < -0.3 is 9.13 Å². The highest BCUT2D eigenvalue weighted by Gasteiger charge is 2.23. The fourth-order valence-corrected chi connectivity index (χ4v) is 12.7. The molecule has 0 aliphatic carbocycles. The average molecular weight is 1090 g/mol. The maximum atomic E-state index is 5.36. The van der Waals surface area contributed by atoms with E-state index in [0.29, 0.717) is 17.6 Å². The van der Waals surface area contributed by atoms with Crippen LogP contribution in [0.2, 0.25) is 0 Å². The van der Waals surface area contributed by atoms with Gasteiger partial charge in [-0.05, 0) is 157 Å². The van der Waals surface area contributed by atoms with Gasteiger partial charge in [0.25, 0.3) is 0 Å². The van der Waals surface area contributed by atoms with E-state index in [1.54, 1.807) is 0 Å². The Morgan fingerprint density at radius 3 is 0.776 bits per heavy atom. The highest BCUT2D eigenvalue weighted by atomic mass is 15.2. The third-order valence-electron chi connectivity index (χ3n) is 17.2. The summed E-state index contributed by atoms with van der Waals surface area (Å²) in [6, 6.07) is 97.5. The van der Waals surface area contributed by atoms with Gasteiger partial charge in [-0.1, -0.05) is 204 Å². The molecule has 0 aliphatic rings. The second-order valence-electron chi connectivity index (χ2n) is 22.8. The summed E-state index contributed by atoms with van der Waals surface area (Å²) in [5.41, 5.74) is 24.9. The number of hydrogen-bond donors (Lipinski definition) is 0. The van der Waals surface area contributed by atoms with Crippen LogP contribution in [-0.4, -0.2) is 28.7 Å². The zero-order chi connectivity index (χ0) is 56.9. The molecular weight excluding hydrogens is 1030 g/mol. The molecule has 0 fully saturated rings. The van der Waals surface area contributed by atoms with Crippen LogP contribution in [0, 0.1) is 27.7 Å². The Morgan fingerprint density at radius 2 is 0.471 bits per heavy atom. The topological polar surface area (TPSA) is 53.5 Å². The molecular formula is C79H56N6. The Balaban J connectivity index is 0.959. The molecule has 4 aromatic heterocycles. The molecule has 0 aliphatic heterocycles. The van der Waals surface area contributed by atoms with Gasteiger partial charge in [0.2, 0.25) is 5.95 Å². The number of benzene rings is 12. The molecule has 4 heterocycles. The third kappa shape index (κ3) is 8.60. The molecule has 0 saturated heterocycles. The number of hydrogen-bond acceptors (Lipinski definition) is 3. The van der Waals surface area contributed by atoms with Crippen molar-refractivity contribution in [3.8, 4) is 84.6 Å². The van der Waals surface area contributed by atoms with Crippen LogP contribution in [0.25, 0.3) is 150 Å². The van der Waals surface area contributed by atoms with Crippen LogP contribution in [-0.2, 0) is 0 Å². The number of nitrogens with zero attached hydrogens (tertiary/aromatic N) is 6. The van der Waals surface area contributed by atoms with Crippen molar-refractivity contribution in [2.24, 2.45) is 0 Å². The van der Waals surface area contributed by atoms with Crippen molar-refractivity contribution < 1.29 is 0 Å². The molecule has 402 valence electrons. The van der Waals surface area contributed by atoms with Crippen molar-refractivity contribution >= 4 is 65.4 Å². The molecule has 16 rings (SSSR count). The van der Waals surface area contributed by atoms with E-state index in [0.717, 1.165) is 66.4 Å². The first-order chi connectivity index (χ1) is 41.7. The van der Waals surface area contributed by atoms with E-state index in [-0.39, 0.29) is 0 Å². The Bertz CT molecular complexity index is 4750. The first-order valence-electron chi connectivity index (χ1n) is 29.1. The van der Waals surface area contributed by atoms with Crippen LogP contribution >= 0.6 is 0 Å². The highest BCUT2D eigenvalue weighted by Crippen LogP contribution is 2.43. The molecule has 6 nitrogen and oxygen atoms in total. The number of fused-ring (bicyclic) bond motifs is 9. The van der Waals surface area contributed by atoms with Crippen LogP contribution in [0.3, 0.4) is 0 Å². The van der Waals surface area contributed by atoms with Crippen molar-refractivity contribution in [1.82, 2.24) is 28.7 Å². The van der Waals surface area contributed by atoms with Gasteiger partial charge in [0, 0.05) is 54.8 Å². The monoisotopic (exact) mass is 1090 g/mol. The number of aromatic nitrogens is 6. The summed E-state index contributed by atoms with van der Waals surface area (Å²) in [5.74, 6) is 1.75. The van der Waals surface area contributed by atoms with Gasteiger partial charge in [-0.2, -0.15) is 9.97 Å². The van der Waals surface area contributed by atoms with Gasteiger partial charge in [0.05, 0.1) is 33.1 Å². The van der Waals surface area contributed by atoms with Crippen LogP contribution in [0.5, 0.6) is 0 Å². The van der Waals surface area contributed by atoms with Gasteiger partial charge in [-0.15, -0.1) is 0 Å². The van der Waals surface area contributed by atoms with Crippen molar-refractivity contribution in [1.29, 1.82) is 0 Å². The fraction of sp³-hybridized carbons (Fsp3) is 0.0506. The lowest BCUT2D eigenvalue weighted by molar-refractivity contribution is 0.953. The molecule has 0 N–H and O–H groups in total. The van der Waals surface area contributed by atoms with E-state index < -0.39 is 0 Å². The van der Waals surface area contributed by atoms with Crippen LogP contribution in [0.15, 0.2) is 267 Å². The average Bonchev–Trinajstić information content (AvgIpc) is 1.81. The first kappa shape index (κ1) is 49.8. The second kappa shape index (κ2) is 19.9. The minimum Gasteiger partial charge on any atom is -0.309 e. The van der Waals surface area contributed by atoms with E-state index in [2.05, 4.69) is 272 Å². The van der Waals surface area contributed by atoms with Crippen LogP contribution in [0.4, 0.5) is 0 Å². The quantitative estimate of drug-likeness (QED) is 0.145. The lowest BCUT2D eigenvalue weighted by atomic mass is 9.99. The first-order valence-corrected chi connectivity index (χ1v) is 29.1. The van der Waals surface area contributed by atoms with Gasteiger partial charge in [0.15, 0.2) is 11.6 Å². The minimum absolute atomic E-state index is 0.543. The second-order valence-corrected chi connectivity index (χ2v) is 22.8. The predicted octanol–water partition coefficient (Wildman–Crippen LogP) is 20.4. The molecule has 0 saturated carbocycles. The summed E-state index contributed by atoms with van der Waals surface area (Å²) in [4.78, 5) is 15.9. The summed E-state index contributed by atoms with van der Waals surface area (Å²) in [6.45, 7) is 8.57. The maximum absolute atomic E-state index is 5.36. The Labute approximate surface area is 492 Å². The van der Waals surface area contributed by atoms with E-state index in [4.69, 9.17) is 15.0 Å². The van der Waals surface area contributed by atoms with Crippen molar-refractivity contribution in [2.45, 2.75) is 27.7 Å². The number of rotatable bonds is 9. The van der Waals surface area contributed by atoms with E-state index in [1.807, 2.05) is 36.4 Å². The smallest absolute Gasteiger partial charge is 0.238 e. The highest BCUT2D eigenvalue weighted by molar-refractivity contribution is 6.15. The zero-order valence-electron chi connectivity index (χ0n) is 47.6. The van der Waals surface area contributed by atoms with Crippen molar-refractivity contribution in [3.05, 3.63) is 289 Å². The molecule has 16 aromatic rings. The van der Waals surface area contributed by atoms with Crippen LogP contribution < -0.4 is 0 Å². The van der Waals surface area contributed by atoms with Gasteiger partial charge in [-0.25, -0.2) is 4.98 Å².